The molecular weight excluding hydrogens is 214 g/mol. The van der Waals surface area contributed by atoms with Gasteiger partial charge in [-0.1, -0.05) is 0 Å². The van der Waals surface area contributed by atoms with E-state index in [4.69, 9.17) is 10.5 Å². The number of nitrogens with zero attached hydrogens (tertiary/aromatic N) is 2. The van der Waals surface area contributed by atoms with Crippen LogP contribution in [0.1, 0.15) is 18.4 Å². The second-order valence-corrected chi connectivity index (χ2v) is 4.75. The van der Waals surface area contributed by atoms with Crippen LogP contribution in [0, 0.1) is 12.8 Å². The van der Waals surface area contributed by atoms with E-state index in [1.54, 1.807) is 7.11 Å². The molecule has 1 aromatic rings. The highest BCUT2D eigenvalue weighted by molar-refractivity contribution is 5.66. The number of hydrogen-bond acceptors (Lipinski definition) is 4. The van der Waals surface area contributed by atoms with Crippen LogP contribution in [0.2, 0.25) is 0 Å². The molecule has 0 atom stereocenters. The quantitative estimate of drug-likeness (QED) is 0.868. The van der Waals surface area contributed by atoms with E-state index in [0.29, 0.717) is 5.92 Å². The number of rotatable bonds is 3. The summed E-state index contributed by atoms with van der Waals surface area (Å²) in [5, 5.41) is 0. The van der Waals surface area contributed by atoms with E-state index in [1.807, 2.05) is 19.2 Å². The van der Waals surface area contributed by atoms with Crippen molar-refractivity contribution < 1.29 is 4.74 Å². The lowest BCUT2D eigenvalue weighted by Gasteiger charge is -2.33. The van der Waals surface area contributed by atoms with Crippen molar-refractivity contribution in [3.8, 4) is 0 Å². The van der Waals surface area contributed by atoms with Crippen molar-refractivity contribution in [2.24, 2.45) is 5.92 Å². The zero-order valence-corrected chi connectivity index (χ0v) is 10.6. The molecular formula is C13H21N3O. The van der Waals surface area contributed by atoms with Gasteiger partial charge in [0.2, 0.25) is 0 Å². The molecule has 0 radical (unpaired) electrons. The van der Waals surface area contributed by atoms with E-state index in [0.717, 1.165) is 49.6 Å². The Hall–Kier alpha value is -1.29. The number of hydrogen-bond donors (Lipinski definition) is 1. The summed E-state index contributed by atoms with van der Waals surface area (Å²) >= 11 is 0. The normalized spacial score (nSPS) is 17.4. The maximum absolute atomic E-state index is 6.08. The van der Waals surface area contributed by atoms with Gasteiger partial charge in [-0.3, -0.25) is 0 Å². The van der Waals surface area contributed by atoms with E-state index in [2.05, 4.69) is 9.88 Å². The molecule has 4 nitrogen and oxygen atoms in total. The Bertz CT molecular complexity index is 373. The molecule has 1 aliphatic heterocycles. The summed E-state index contributed by atoms with van der Waals surface area (Å²) in [5.74, 6) is 1.63. The summed E-state index contributed by atoms with van der Waals surface area (Å²) in [6.07, 6.45) is 4.15. The highest BCUT2D eigenvalue weighted by atomic mass is 16.5. The van der Waals surface area contributed by atoms with Gasteiger partial charge in [-0.15, -0.1) is 0 Å². The number of aromatic nitrogens is 1. The highest BCUT2D eigenvalue weighted by Crippen LogP contribution is 2.27. The average molecular weight is 235 g/mol. The van der Waals surface area contributed by atoms with Crippen LogP contribution in [0.4, 0.5) is 11.5 Å². The maximum Gasteiger partial charge on any atom is 0.152 e. The zero-order chi connectivity index (χ0) is 12.3. The van der Waals surface area contributed by atoms with Gasteiger partial charge >= 0.3 is 0 Å². The summed E-state index contributed by atoms with van der Waals surface area (Å²) in [7, 11) is 1.77. The van der Waals surface area contributed by atoms with Crippen LogP contribution >= 0.6 is 0 Å². The Morgan fingerprint density at radius 3 is 2.82 bits per heavy atom. The van der Waals surface area contributed by atoms with E-state index in [1.165, 1.54) is 0 Å². The van der Waals surface area contributed by atoms with Crippen LogP contribution in [0.25, 0.3) is 0 Å². The van der Waals surface area contributed by atoms with E-state index in [9.17, 15) is 0 Å². The lowest BCUT2D eigenvalue weighted by Crippen LogP contribution is -2.36. The smallest absolute Gasteiger partial charge is 0.152 e. The fourth-order valence-electron chi connectivity index (χ4n) is 2.35. The summed E-state index contributed by atoms with van der Waals surface area (Å²) in [5.41, 5.74) is 8.00. The van der Waals surface area contributed by atoms with Crippen molar-refractivity contribution in [1.82, 2.24) is 4.98 Å². The standard InChI is InChI=1S/C13H21N3O/c1-10-3-6-15-13(12(10)14)16-7-4-11(5-8-16)9-17-2/h3,6,11H,4-5,7-9,14H2,1-2H3. The van der Waals surface area contributed by atoms with Gasteiger partial charge in [0.1, 0.15) is 0 Å². The van der Waals surface area contributed by atoms with Crippen LogP contribution in [0.15, 0.2) is 12.3 Å². The van der Waals surface area contributed by atoms with Gasteiger partial charge in [-0.25, -0.2) is 4.98 Å². The van der Waals surface area contributed by atoms with E-state index >= 15 is 0 Å². The fourth-order valence-corrected chi connectivity index (χ4v) is 2.35. The number of methoxy groups -OCH3 is 1. The Morgan fingerprint density at radius 2 is 2.18 bits per heavy atom. The second kappa shape index (κ2) is 5.36. The predicted molar refractivity (Wildman–Crippen MR) is 70.2 cm³/mol. The molecule has 0 spiro atoms. The monoisotopic (exact) mass is 235 g/mol. The van der Waals surface area contributed by atoms with Crippen molar-refractivity contribution in [3.05, 3.63) is 17.8 Å². The summed E-state index contributed by atoms with van der Waals surface area (Å²) in [4.78, 5) is 6.69. The first kappa shape index (κ1) is 12.2. The molecule has 2 rings (SSSR count). The second-order valence-electron chi connectivity index (χ2n) is 4.75. The van der Waals surface area contributed by atoms with Crippen LogP contribution in [-0.2, 0) is 4.74 Å². The molecule has 1 fully saturated rings. The van der Waals surface area contributed by atoms with Crippen LogP contribution in [0.5, 0.6) is 0 Å². The number of aryl methyl sites for hydroxylation is 1. The third-order valence-electron chi connectivity index (χ3n) is 3.50. The zero-order valence-electron chi connectivity index (χ0n) is 10.6. The molecule has 0 bridgehead atoms. The van der Waals surface area contributed by atoms with Gasteiger partial charge in [-0.2, -0.15) is 0 Å². The molecule has 0 unspecified atom stereocenters. The minimum atomic E-state index is 0.683. The van der Waals surface area contributed by atoms with Crippen molar-refractivity contribution in [3.63, 3.8) is 0 Å². The third kappa shape index (κ3) is 2.69. The first-order chi connectivity index (χ1) is 8.22. The van der Waals surface area contributed by atoms with Crippen LogP contribution < -0.4 is 10.6 Å². The number of nitrogen functional groups attached to an aromatic ring is 1. The SMILES string of the molecule is COCC1CCN(c2nccc(C)c2N)CC1. The number of piperidine rings is 1. The Labute approximate surface area is 103 Å². The first-order valence-corrected chi connectivity index (χ1v) is 6.17. The molecule has 4 heteroatoms. The number of pyridine rings is 1. The van der Waals surface area contributed by atoms with Crippen molar-refractivity contribution in [2.75, 3.05) is 37.4 Å². The number of anilines is 2. The summed E-state index contributed by atoms with van der Waals surface area (Å²) in [6.45, 7) is 4.94. The highest BCUT2D eigenvalue weighted by Gasteiger charge is 2.21. The van der Waals surface area contributed by atoms with Crippen molar-refractivity contribution >= 4 is 11.5 Å². The third-order valence-corrected chi connectivity index (χ3v) is 3.50. The van der Waals surface area contributed by atoms with Gasteiger partial charge in [0, 0.05) is 33.0 Å². The summed E-state index contributed by atoms with van der Waals surface area (Å²) < 4.78 is 5.21. The van der Waals surface area contributed by atoms with Gasteiger partial charge in [0.05, 0.1) is 5.69 Å². The minimum absolute atomic E-state index is 0.683. The van der Waals surface area contributed by atoms with Gasteiger partial charge in [0.15, 0.2) is 5.82 Å². The predicted octanol–water partition coefficient (Wildman–Crippen LogP) is 1.84. The van der Waals surface area contributed by atoms with Gasteiger partial charge in [0.25, 0.3) is 0 Å². The molecule has 1 saturated heterocycles. The largest absolute Gasteiger partial charge is 0.396 e. The van der Waals surface area contributed by atoms with Crippen LogP contribution in [-0.4, -0.2) is 31.8 Å². The van der Waals surface area contributed by atoms with E-state index < -0.39 is 0 Å². The van der Waals surface area contributed by atoms with Gasteiger partial charge in [-0.05, 0) is 37.3 Å². The molecule has 1 aromatic heterocycles. The average Bonchev–Trinajstić information content (AvgIpc) is 2.34. The Morgan fingerprint density at radius 1 is 1.47 bits per heavy atom. The lowest BCUT2D eigenvalue weighted by molar-refractivity contribution is 0.139. The van der Waals surface area contributed by atoms with Crippen molar-refractivity contribution in [1.29, 1.82) is 0 Å². The molecule has 1 aliphatic rings. The van der Waals surface area contributed by atoms with Gasteiger partial charge < -0.3 is 15.4 Å². The number of ether oxygens (including phenoxy) is 1. The minimum Gasteiger partial charge on any atom is -0.396 e. The van der Waals surface area contributed by atoms with Crippen molar-refractivity contribution in [2.45, 2.75) is 19.8 Å². The molecule has 0 aromatic carbocycles. The molecule has 0 amide bonds. The summed E-state index contributed by atoms with van der Waals surface area (Å²) in [6, 6.07) is 1.95. The lowest BCUT2D eigenvalue weighted by atomic mass is 9.97. The molecule has 2 heterocycles. The van der Waals surface area contributed by atoms with Crippen LogP contribution in [0.3, 0.4) is 0 Å². The number of nitrogens with two attached hydrogens (primary N) is 1. The fraction of sp³-hybridized carbons (Fsp3) is 0.615. The maximum atomic E-state index is 6.08. The Balaban J connectivity index is 2.03. The Kier molecular flexibility index (Phi) is 3.84. The molecule has 94 valence electrons. The molecule has 2 N–H and O–H groups in total. The topological polar surface area (TPSA) is 51.4 Å². The molecule has 17 heavy (non-hydrogen) atoms. The molecule has 0 aliphatic carbocycles. The van der Waals surface area contributed by atoms with E-state index in [-0.39, 0.29) is 0 Å². The molecule has 0 saturated carbocycles. The first-order valence-electron chi connectivity index (χ1n) is 6.17.